The summed E-state index contributed by atoms with van der Waals surface area (Å²) in [6, 6.07) is 9.48. The molecule has 1 aromatic carbocycles. The fourth-order valence-corrected chi connectivity index (χ4v) is 3.08. The maximum atomic E-state index is 12.8. The Hall–Kier alpha value is -3.00. The second kappa shape index (κ2) is 8.59. The van der Waals surface area contributed by atoms with E-state index in [9.17, 15) is 9.59 Å². The number of carbonyl (C=O) groups is 1. The fraction of sp³-hybridized carbons (Fsp3) is 0.368. The summed E-state index contributed by atoms with van der Waals surface area (Å²) in [5.41, 5.74) is 1.18. The molecule has 27 heavy (non-hydrogen) atoms. The molecule has 1 N–H and O–H groups in total. The van der Waals surface area contributed by atoms with Crippen molar-refractivity contribution in [2.24, 2.45) is 0 Å². The number of nitrogens with one attached hydrogen (secondary N) is 1. The van der Waals surface area contributed by atoms with Crippen LogP contribution in [0.5, 0.6) is 0 Å². The number of esters is 1. The van der Waals surface area contributed by atoms with E-state index in [2.05, 4.69) is 20.0 Å². The molecule has 3 aromatic rings. The Balaban J connectivity index is 1.75. The van der Waals surface area contributed by atoms with Gasteiger partial charge in [0.05, 0.1) is 12.5 Å². The van der Waals surface area contributed by atoms with Crippen molar-refractivity contribution in [1.29, 1.82) is 0 Å². The Morgan fingerprint density at radius 2 is 2.00 bits per heavy atom. The minimum absolute atomic E-state index is 0.0919. The maximum Gasteiger partial charge on any atom is 0.325 e. The first-order valence-electron chi connectivity index (χ1n) is 8.97. The van der Waals surface area contributed by atoms with E-state index in [0.717, 1.165) is 18.7 Å². The van der Waals surface area contributed by atoms with E-state index >= 15 is 0 Å². The number of aromatic nitrogens is 4. The van der Waals surface area contributed by atoms with Crippen LogP contribution in [0.15, 0.2) is 47.7 Å². The highest BCUT2D eigenvalue weighted by Gasteiger charge is 2.26. The molecule has 0 amide bonds. The number of rotatable bonds is 8. The van der Waals surface area contributed by atoms with Crippen molar-refractivity contribution in [3.63, 3.8) is 0 Å². The fourth-order valence-electron chi connectivity index (χ4n) is 3.08. The van der Waals surface area contributed by atoms with Crippen molar-refractivity contribution < 1.29 is 9.53 Å². The lowest BCUT2D eigenvalue weighted by Gasteiger charge is -2.28. The van der Waals surface area contributed by atoms with Gasteiger partial charge in [-0.25, -0.2) is 9.67 Å². The van der Waals surface area contributed by atoms with Gasteiger partial charge in [0, 0.05) is 0 Å². The van der Waals surface area contributed by atoms with E-state index in [-0.39, 0.29) is 24.3 Å². The van der Waals surface area contributed by atoms with E-state index in [4.69, 9.17) is 4.74 Å². The monoisotopic (exact) mass is 369 g/mol. The molecule has 142 valence electrons. The number of hydrogen-bond acceptors (Lipinski definition) is 6. The molecular weight excluding hydrogens is 346 g/mol. The summed E-state index contributed by atoms with van der Waals surface area (Å²) in [6.45, 7) is 5.43. The summed E-state index contributed by atoms with van der Waals surface area (Å²) in [7, 11) is 0. The van der Waals surface area contributed by atoms with E-state index in [1.54, 1.807) is 0 Å². The normalized spacial score (nSPS) is 12.4. The lowest BCUT2D eigenvalue weighted by Crippen LogP contribution is -2.43. The molecule has 0 radical (unpaired) electrons. The van der Waals surface area contributed by atoms with Crippen molar-refractivity contribution in [1.82, 2.24) is 24.6 Å². The molecule has 0 unspecified atom stereocenters. The topological polar surface area (TPSA) is 93.1 Å². The van der Waals surface area contributed by atoms with Crippen molar-refractivity contribution in [2.45, 2.75) is 33.0 Å². The van der Waals surface area contributed by atoms with Crippen LogP contribution in [0.1, 0.15) is 19.4 Å². The van der Waals surface area contributed by atoms with Crippen LogP contribution < -0.4 is 5.56 Å². The van der Waals surface area contributed by atoms with Crippen LogP contribution in [0.2, 0.25) is 0 Å². The van der Waals surface area contributed by atoms with Crippen LogP contribution >= 0.6 is 0 Å². The van der Waals surface area contributed by atoms with Crippen molar-refractivity contribution in [3.8, 4) is 0 Å². The number of H-pyrrole nitrogens is 1. The standard InChI is InChI=1S/C19H23N5O3/c1-3-23(4-2)16(10-14-8-6-5-7-9-14)19(26)27-13-24-17-15(11-22-24)18(25)21-12-20-17/h5-9,11-12,16H,3-4,10,13H2,1-2H3,(H,20,21,25)/t16-/m0/s1. The van der Waals surface area contributed by atoms with Crippen molar-refractivity contribution in [3.05, 3.63) is 58.8 Å². The highest BCUT2D eigenvalue weighted by Crippen LogP contribution is 2.12. The molecule has 0 aliphatic heterocycles. The van der Waals surface area contributed by atoms with Gasteiger partial charge in [-0.3, -0.25) is 14.5 Å². The number of fused-ring (bicyclic) bond motifs is 1. The number of aromatic amines is 1. The molecule has 2 heterocycles. The van der Waals surface area contributed by atoms with Crippen LogP contribution in [0, 0.1) is 0 Å². The quantitative estimate of drug-likeness (QED) is 0.606. The Morgan fingerprint density at radius 1 is 1.26 bits per heavy atom. The Labute approximate surface area is 156 Å². The highest BCUT2D eigenvalue weighted by atomic mass is 16.5. The average molecular weight is 369 g/mol. The number of ether oxygens (including phenoxy) is 1. The van der Waals surface area contributed by atoms with Crippen LogP contribution in [0.25, 0.3) is 11.0 Å². The summed E-state index contributed by atoms with van der Waals surface area (Å²) in [5, 5.41) is 4.46. The molecule has 0 saturated heterocycles. The summed E-state index contributed by atoms with van der Waals surface area (Å²) in [4.78, 5) is 33.2. The SMILES string of the molecule is CCN(CC)[C@@H](Cc1ccccc1)C(=O)OCn1ncc2c(=O)[nH]cnc21. The molecule has 8 nitrogen and oxygen atoms in total. The first-order chi connectivity index (χ1) is 13.1. The largest absolute Gasteiger partial charge is 0.441 e. The van der Waals surface area contributed by atoms with Gasteiger partial charge in [0.25, 0.3) is 5.56 Å². The van der Waals surface area contributed by atoms with Gasteiger partial charge in [0.1, 0.15) is 11.4 Å². The second-order valence-corrected chi connectivity index (χ2v) is 6.13. The lowest BCUT2D eigenvalue weighted by atomic mass is 10.0. The van der Waals surface area contributed by atoms with E-state index in [1.807, 2.05) is 44.2 Å². The van der Waals surface area contributed by atoms with E-state index < -0.39 is 0 Å². The number of likely N-dealkylation sites (N-methyl/N-ethyl adjacent to an activating group) is 1. The van der Waals surface area contributed by atoms with Crippen molar-refractivity contribution in [2.75, 3.05) is 13.1 Å². The van der Waals surface area contributed by atoms with Gasteiger partial charge in [0.2, 0.25) is 0 Å². The van der Waals surface area contributed by atoms with Gasteiger partial charge in [-0.1, -0.05) is 44.2 Å². The summed E-state index contributed by atoms with van der Waals surface area (Å²) < 4.78 is 6.93. The predicted molar refractivity (Wildman–Crippen MR) is 101 cm³/mol. The summed E-state index contributed by atoms with van der Waals surface area (Å²) in [6.07, 6.45) is 3.29. The maximum absolute atomic E-state index is 12.8. The molecule has 8 heteroatoms. The molecule has 0 aliphatic carbocycles. The Morgan fingerprint density at radius 3 is 2.70 bits per heavy atom. The zero-order valence-corrected chi connectivity index (χ0v) is 15.5. The predicted octanol–water partition coefficient (Wildman–Crippen LogP) is 1.57. The first-order valence-corrected chi connectivity index (χ1v) is 8.97. The minimum Gasteiger partial charge on any atom is -0.441 e. The molecule has 0 bridgehead atoms. The minimum atomic E-state index is -0.388. The van der Waals surface area contributed by atoms with Crippen LogP contribution in [0.3, 0.4) is 0 Å². The molecule has 1 atom stereocenters. The van der Waals surface area contributed by atoms with Gasteiger partial charge in [-0.05, 0) is 25.1 Å². The molecule has 0 fully saturated rings. The van der Waals surface area contributed by atoms with Gasteiger partial charge in [0.15, 0.2) is 12.4 Å². The molecule has 2 aromatic heterocycles. The van der Waals surface area contributed by atoms with Gasteiger partial charge < -0.3 is 9.72 Å². The number of carbonyl (C=O) groups excluding carboxylic acids is 1. The second-order valence-electron chi connectivity index (χ2n) is 6.13. The average Bonchev–Trinajstić information content (AvgIpc) is 3.11. The number of benzene rings is 1. The van der Waals surface area contributed by atoms with Gasteiger partial charge in [-0.15, -0.1) is 0 Å². The van der Waals surface area contributed by atoms with Gasteiger partial charge >= 0.3 is 5.97 Å². The highest BCUT2D eigenvalue weighted by molar-refractivity contribution is 5.76. The number of hydrogen-bond donors (Lipinski definition) is 1. The van der Waals surface area contributed by atoms with Crippen LogP contribution in [0.4, 0.5) is 0 Å². The third kappa shape index (κ3) is 4.22. The Kier molecular flexibility index (Phi) is 5.97. The van der Waals surface area contributed by atoms with Gasteiger partial charge in [-0.2, -0.15) is 5.10 Å². The van der Waals surface area contributed by atoms with E-state index in [1.165, 1.54) is 17.2 Å². The zero-order chi connectivity index (χ0) is 19.2. The van der Waals surface area contributed by atoms with Crippen LogP contribution in [-0.4, -0.2) is 49.7 Å². The molecule has 0 spiro atoms. The molecule has 0 saturated carbocycles. The smallest absolute Gasteiger partial charge is 0.325 e. The first kappa shape index (κ1) is 18.8. The third-order valence-electron chi connectivity index (χ3n) is 4.56. The molecule has 0 aliphatic rings. The molecule has 3 rings (SSSR count). The number of nitrogens with zero attached hydrogens (tertiary/aromatic N) is 4. The summed E-state index contributed by atoms with van der Waals surface area (Å²) >= 11 is 0. The Bertz CT molecular complexity index is 947. The zero-order valence-electron chi connectivity index (χ0n) is 15.5. The lowest BCUT2D eigenvalue weighted by molar-refractivity contribution is -0.154. The third-order valence-corrected chi connectivity index (χ3v) is 4.56. The molecular formula is C19H23N5O3. The van der Waals surface area contributed by atoms with Crippen LogP contribution in [-0.2, 0) is 22.7 Å². The van der Waals surface area contributed by atoms with E-state index in [0.29, 0.717) is 17.5 Å². The van der Waals surface area contributed by atoms with Crippen molar-refractivity contribution >= 4 is 17.0 Å². The summed E-state index contributed by atoms with van der Waals surface area (Å²) in [5.74, 6) is -0.323.